The maximum Gasteiger partial charge on any atom is 0.337 e. The van der Waals surface area contributed by atoms with Crippen LogP contribution in [-0.4, -0.2) is 21.0 Å². The molecule has 0 radical (unpaired) electrons. The van der Waals surface area contributed by atoms with Crippen LogP contribution in [0.25, 0.3) is 22.2 Å². The first-order valence-corrected chi connectivity index (χ1v) is 5.52. The Balaban J connectivity index is 2.40. The number of hydrogen-bond acceptors (Lipinski definition) is 2. The van der Waals surface area contributed by atoms with Gasteiger partial charge in [-0.25, -0.2) is 9.78 Å². The van der Waals surface area contributed by atoms with Crippen molar-refractivity contribution < 1.29 is 9.90 Å². The highest BCUT2D eigenvalue weighted by Gasteiger charge is 2.16. The number of hydrogen-bond donors (Lipinski definition) is 2. The second-order valence-corrected chi connectivity index (χ2v) is 3.96. The van der Waals surface area contributed by atoms with Gasteiger partial charge in [0.15, 0.2) is 0 Å². The molecule has 88 valence electrons. The van der Waals surface area contributed by atoms with Gasteiger partial charge < -0.3 is 10.1 Å². The molecule has 4 nitrogen and oxygen atoms in total. The Morgan fingerprint density at radius 1 is 1.17 bits per heavy atom. The van der Waals surface area contributed by atoms with Crippen LogP contribution in [0.2, 0.25) is 0 Å². The van der Waals surface area contributed by atoms with E-state index in [9.17, 15) is 9.90 Å². The van der Waals surface area contributed by atoms with Crippen molar-refractivity contribution in [3.8, 4) is 11.1 Å². The number of carbonyl (C=O) groups is 1. The number of carboxylic acids is 1. The molecule has 0 bridgehead atoms. The summed E-state index contributed by atoms with van der Waals surface area (Å²) in [6, 6.07) is 11.3. The third kappa shape index (κ3) is 1.55. The fourth-order valence-electron chi connectivity index (χ4n) is 2.09. The third-order valence-electron chi connectivity index (χ3n) is 2.88. The SMILES string of the molecule is O=C(O)c1cnc2[nH]ccc2c1-c1ccccc1. The molecule has 2 N–H and O–H groups in total. The van der Waals surface area contributed by atoms with Crippen molar-refractivity contribution in [2.75, 3.05) is 0 Å². The molecule has 2 aromatic heterocycles. The minimum atomic E-state index is -0.968. The zero-order valence-corrected chi connectivity index (χ0v) is 9.42. The normalized spacial score (nSPS) is 10.7. The quantitative estimate of drug-likeness (QED) is 0.721. The molecule has 0 atom stereocenters. The summed E-state index contributed by atoms with van der Waals surface area (Å²) < 4.78 is 0. The van der Waals surface area contributed by atoms with E-state index >= 15 is 0 Å². The fraction of sp³-hybridized carbons (Fsp3) is 0. The van der Waals surface area contributed by atoms with Crippen molar-refractivity contribution in [2.24, 2.45) is 0 Å². The van der Waals surface area contributed by atoms with Crippen molar-refractivity contribution in [1.29, 1.82) is 0 Å². The number of aromatic amines is 1. The largest absolute Gasteiger partial charge is 0.478 e. The monoisotopic (exact) mass is 238 g/mol. The predicted molar refractivity (Wildman–Crippen MR) is 68.5 cm³/mol. The van der Waals surface area contributed by atoms with Gasteiger partial charge in [-0.05, 0) is 11.6 Å². The molecular formula is C14H10N2O2. The number of fused-ring (bicyclic) bond motifs is 1. The molecule has 0 aliphatic carbocycles. The predicted octanol–water partition coefficient (Wildman–Crippen LogP) is 2.93. The molecule has 3 aromatic rings. The van der Waals surface area contributed by atoms with Gasteiger partial charge in [0.2, 0.25) is 0 Å². The van der Waals surface area contributed by atoms with Crippen molar-refractivity contribution in [1.82, 2.24) is 9.97 Å². The summed E-state index contributed by atoms with van der Waals surface area (Å²) >= 11 is 0. The minimum Gasteiger partial charge on any atom is -0.478 e. The molecule has 0 fully saturated rings. The van der Waals surface area contributed by atoms with Gasteiger partial charge in [0.25, 0.3) is 0 Å². The van der Waals surface area contributed by atoms with Crippen LogP contribution >= 0.6 is 0 Å². The van der Waals surface area contributed by atoms with Crippen molar-refractivity contribution >= 4 is 17.0 Å². The number of nitrogens with zero attached hydrogens (tertiary/aromatic N) is 1. The first-order chi connectivity index (χ1) is 8.77. The molecule has 3 rings (SSSR count). The molecule has 0 saturated heterocycles. The highest BCUT2D eigenvalue weighted by Crippen LogP contribution is 2.30. The Hall–Kier alpha value is -2.62. The van der Waals surface area contributed by atoms with Gasteiger partial charge >= 0.3 is 5.97 Å². The van der Waals surface area contributed by atoms with Crippen LogP contribution in [-0.2, 0) is 0 Å². The van der Waals surface area contributed by atoms with Gasteiger partial charge in [-0.1, -0.05) is 30.3 Å². The number of rotatable bonds is 2. The maximum atomic E-state index is 11.3. The molecule has 18 heavy (non-hydrogen) atoms. The van der Waals surface area contributed by atoms with Crippen LogP contribution in [0.4, 0.5) is 0 Å². The van der Waals surface area contributed by atoms with Gasteiger partial charge in [-0.15, -0.1) is 0 Å². The van der Waals surface area contributed by atoms with Crippen molar-refractivity contribution in [3.63, 3.8) is 0 Å². The summed E-state index contributed by atoms with van der Waals surface area (Å²) in [6.45, 7) is 0. The number of benzene rings is 1. The van der Waals surface area contributed by atoms with E-state index in [1.807, 2.05) is 36.4 Å². The summed E-state index contributed by atoms with van der Waals surface area (Å²) in [5, 5.41) is 10.1. The molecule has 0 unspecified atom stereocenters. The molecule has 4 heteroatoms. The van der Waals surface area contributed by atoms with Crippen LogP contribution < -0.4 is 0 Å². The second kappa shape index (κ2) is 4.00. The highest BCUT2D eigenvalue weighted by molar-refractivity contribution is 6.05. The van der Waals surface area contributed by atoms with Crippen LogP contribution in [0.5, 0.6) is 0 Å². The van der Waals surface area contributed by atoms with Crippen molar-refractivity contribution in [3.05, 3.63) is 54.4 Å². The van der Waals surface area contributed by atoms with E-state index in [0.717, 1.165) is 10.9 Å². The number of carboxylic acid groups (broad SMARTS) is 1. The van der Waals surface area contributed by atoms with Gasteiger partial charge in [0, 0.05) is 23.3 Å². The molecule has 0 aliphatic heterocycles. The summed E-state index contributed by atoms with van der Waals surface area (Å²) in [4.78, 5) is 18.4. The van der Waals surface area contributed by atoms with Crippen LogP contribution in [0.1, 0.15) is 10.4 Å². The van der Waals surface area contributed by atoms with Gasteiger partial charge in [0.1, 0.15) is 5.65 Å². The standard InChI is InChI=1S/C14H10N2O2/c17-14(18)11-8-16-13-10(6-7-15-13)12(11)9-4-2-1-3-5-9/h1-8H,(H,15,16)(H,17,18). The molecule has 0 aliphatic rings. The molecular weight excluding hydrogens is 228 g/mol. The number of aromatic nitrogens is 2. The van der Waals surface area contributed by atoms with E-state index in [2.05, 4.69) is 9.97 Å². The first kappa shape index (κ1) is 10.5. The zero-order valence-electron chi connectivity index (χ0n) is 9.42. The lowest BCUT2D eigenvalue weighted by Crippen LogP contribution is -2.01. The second-order valence-electron chi connectivity index (χ2n) is 3.96. The van der Waals surface area contributed by atoms with Gasteiger partial charge in [0.05, 0.1) is 5.56 Å². The summed E-state index contributed by atoms with van der Waals surface area (Å²) in [7, 11) is 0. The van der Waals surface area contributed by atoms with E-state index < -0.39 is 5.97 Å². The summed E-state index contributed by atoms with van der Waals surface area (Å²) in [6.07, 6.45) is 3.15. The van der Waals surface area contributed by atoms with E-state index in [-0.39, 0.29) is 5.56 Å². The minimum absolute atomic E-state index is 0.216. The van der Waals surface area contributed by atoms with Crippen molar-refractivity contribution in [2.45, 2.75) is 0 Å². The van der Waals surface area contributed by atoms with E-state index in [0.29, 0.717) is 11.2 Å². The molecule has 0 amide bonds. The molecule has 1 aromatic carbocycles. The topological polar surface area (TPSA) is 66.0 Å². The van der Waals surface area contributed by atoms with E-state index in [1.165, 1.54) is 6.20 Å². The Bertz CT molecular complexity index is 717. The fourth-order valence-corrected chi connectivity index (χ4v) is 2.09. The smallest absolute Gasteiger partial charge is 0.337 e. The summed E-state index contributed by atoms with van der Waals surface area (Å²) in [5.41, 5.74) is 2.49. The van der Waals surface area contributed by atoms with E-state index in [4.69, 9.17) is 0 Å². The molecule has 2 heterocycles. The molecule has 0 saturated carbocycles. The van der Waals surface area contributed by atoms with Gasteiger partial charge in [-0.3, -0.25) is 0 Å². The number of nitrogens with one attached hydrogen (secondary N) is 1. The third-order valence-corrected chi connectivity index (χ3v) is 2.88. The Morgan fingerprint density at radius 2 is 1.94 bits per heavy atom. The van der Waals surface area contributed by atoms with Crippen LogP contribution in [0.3, 0.4) is 0 Å². The lowest BCUT2D eigenvalue weighted by atomic mass is 9.99. The highest BCUT2D eigenvalue weighted by atomic mass is 16.4. The molecule has 0 spiro atoms. The Labute approximate surface area is 103 Å². The van der Waals surface area contributed by atoms with E-state index in [1.54, 1.807) is 6.20 Å². The Morgan fingerprint density at radius 3 is 2.67 bits per heavy atom. The van der Waals surface area contributed by atoms with Gasteiger partial charge in [-0.2, -0.15) is 0 Å². The number of aromatic carboxylic acids is 1. The number of pyridine rings is 1. The maximum absolute atomic E-state index is 11.3. The average molecular weight is 238 g/mol. The van der Waals surface area contributed by atoms with Crippen LogP contribution in [0.15, 0.2) is 48.8 Å². The zero-order chi connectivity index (χ0) is 12.5. The Kier molecular flexibility index (Phi) is 2.34. The lowest BCUT2D eigenvalue weighted by Gasteiger charge is -2.07. The first-order valence-electron chi connectivity index (χ1n) is 5.52. The number of H-pyrrole nitrogens is 1. The van der Waals surface area contributed by atoms with Crippen LogP contribution in [0, 0.1) is 0 Å². The summed E-state index contributed by atoms with van der Waals surface area (Å²) in [5.74, 6) is -0.968. The average Bonchev–Trinajstić information content (AvgIpc) is 2.86. The lowest BCUT2D eigenvalue weighted by molar-refractivity contribution is 0.0697.